The van der Waals surface area contributed by atoms with E-state index in [1.54, 1.807) is 28.0 Å². The predicted octanol–water partition coefficient (Wildman–Crippen LogP) is 4.42. The van der Waals surface area contributed by atoms with Crippen LogP contribution in [0.15, 0.2) is 46.9 Å². The molecule has 126 valence electrons. The molecule has 0 aliphatic rings. The molecule has 0 fully saturated rings. The van der Waals surface area contributed by atoms with E-state index in [1.165, 1.54) is 11.8 Å². The average molecular weight is 367 g/mol. The lowest BCUT2D eigenvalue weighted by Crippen LogP contribution is -2.22. The SMILES string of the molecule is C=CCn1c(SCc2ccccc2C#N)nc2sc(C)c(C)c2c1=O. The van der Waals surface area contributed by atoms with Gasteiger partial charge in [-0.25, -0.2) is 4.98 Å². The Kier molecular flexibility index (Phi) is 5.07. The maximum atomic E-state index is 12.9. The summed E-state index contributed by atoms with van der Waals surface area (Å²) in [5, 5.41) is 10.6. The van der Waals surface area contributed by atoms with Crippen molar-refractivity contribution in [3.8, 4) is 6.07 Å². The molecule has 0 amide bonds. The minimum absolute atomic E-state index is 0.0252. The fraction of sp³-hybridized carbons (Fsp3) is 0.211. The van der Waals surface area contributed by atoms with Gasteiger partial charge in [0, 0.05) is 17.2 Å². The Balaban J connectivity index is 2.06. The first-order valence-electron chi connectivity index (χ1n) is 7.79. The van der Waals surface area contributed by atoms with E-state index in [9.17, 15) is 10.1 Å². The van der Waals surface area contributed by atoms with Crippen molar-refractivity contribution in [2.24, 2.45) is 0 Å². The summed E-state index contributed by atoms with van der Waals surface area (Å²) in [6, 6.07) is 9.70. The highest BCUT2D eigenvalue weighted by Gasteiger charge is 2.16. The van der Waals surface area contributed by atoms with Gasteiger partial charge in [-0.2, -0.15) is 5.26 Å². The molecule has 0 saturated carbocycles. The van der Waals surface area contributed by atoms with Crippen molar-refractivity contribution in [2.75, 3.05) is 0 Å². The molecule has 0 atom stereocenters. The molecule has 2 aromatic heterocycles. The number of aromatic nitrogens is 2. The van der Waals surface area contributed by atoms with Crippen LogP contribution in [0.4, 0.5) is 0 Å². The van der Waals surface area contributed by atoms with Gasteiger partial charge in [-0.1, -0.05) is 36.0 Å². The molecular weight excluding hydrogens is 350 g/mol. The summed E-state index contributed by atoms with van der Waals surface area (Å²) in [5.74, 6) is 0.585. The van der Waals surface area contributed by atoms with E-state index in [-0.39, 0.29) is 5.56 Å². The summed E-state index contributed by atoms with van der Waals surface area (Å²) in [5.41, 5.74) is 2.56. The number of thiophene rings is 1. The number of hydrogen-bond donors (Lipinski definition) is 0. The number of rotatable bonds is 5. The molecule has 0 bridgehead atoms. The lowest BCUT2D eigenvalue weighted by Gasteiger charge is -2.10. The molecule has 0 N–H and O–H groups in total. The third-order valence-electron chi connectivity index (χ3n) is 4.06. The third kappa shape index (κ3) is 3.26. The highest BCUT2D eigenvalue weighted by molar-refractivity contribution is 7.98. The molecule has 1 aromatic carbocycles. The van der Waals surface area contributed by atoms with Crippen LogP contribution in [0.25, 0.3) is 10.2 Å². The Morgan fingerprint density at radius 3 is 2.88 bits per heavy atom. The summed E-state index contributed by atoms with van der Waals surface area (Å²) in [6.45, 7) is 8.14. The van der Waals surface area contributed by atoms with Gasteiger partial charge in [-0.3, -0.25) is 9.36 Å². The Bertz CT molecular complexity index is 1060. The molecule has 0 aliphatic carbocycles. The molecule has 0 unspecified atom stereocenters. The minimum atomic E-state index is -0.0252. The summed E-state index contributed by atoms with van der Waals surface area (Å²) in [7, 11) is 0. The highest BCUT2D eigenvalue weighted by atomic mass is 32.2. The first kappa shape index (κ1) is 17.5. The van der Waals surface area contributed by atoms with Gasteiger partial charge in [0.2, 0.25) is 0 Å². The fourth-order valence-corrected chi connectivity index (χ4v) is 4.69. The van der Waals surface area contributed by atoms with Crippen LogP contribution < -0.4 is 5.56 Å². The number of aryl methyl sites for hydroxylation is 2. The zero-order valence-corrected chi connectivity index (χ0v) is 15.7. The van der Waals surface area contributed by atoms with Gasteiger partial charge in [-0.15, -0.1) is 17.9 Å². The fourth-order valence-electron chi connectivity index (χ4n) is 2.61. The first-order chi connectivity index (χ1) is 12.1. The van der Waals surface area contributed by atoms with Gasteiger partial charge in [0.25, 0.3) is 5.56 Å². The van der Waals surface area contributed by atoms with Crippen LogP contribution in [-0.4, -0.2) is 9.55 Å². The number of nitriles is 1. The van der Waals surface area contributed by atoms with Gasteiger partial charge >= 0.3 is 0 Å². The molecule has 25 heavy (non-hydrogen) atoms. The Hall–Kier alpha value is -2.36. The molecule has 0 spiro atoms. The van der Waals surface area contributed by atoms with Crippen molar-refractivity contribution in [1.29, 1.82) is 5.26 Å². The van der Waals surface area contributed by atoms with Gasteiger partial charge < -0.3 is 0 Å². The second kappa shape index (κ2) is 7.26. The van der Waals surface area contributed by atoms with E-state index in [4.69, 9.17) is 4.98 Å². The molecular formula is C19H17N3OS2. The number of benzene rings is 1. The van der Waals surface area contributed by atoms with Crippen LogP contribution in [0.3, 0.4) is 0 Å². The molecule has 6 heteroatoms. The van der Waals surface area contributed by atoms with Crippen LogP contribution in [0.1, 0.15) is 21.6 Å². The first-order valence-corrected chi connectivity index (χ1v) is 9.59. The number of thioether (sulfide) groups is 1. The summed E-state index contributed by atoms with van der Waals surface area (Å²) >= 11 is 3.02. The normalized spacial score (nSPS) is 10.8. The lowest BCUT2D eigenvalue weighted by atomic mass is 10.1. The Labute approximate surface area is 154 Å². The maximum absolute atomic E-state index is 12.9. The highest BCUT2D eigenvalue weighted by Crippen LogP contribution is 2.29. The van der Waals surface area contributed by atoms with Gasteiger partial charge in [-0.05, 0) is 31.0 Å². The van der Waals surface area contributed by atoms with Crippen molar-refractivity contribution in [2.45, 2.75) is 31.3 Å². The van der Waals surface area contributed by atoms with Crippen molar-refractivity contribution in [3.63, 3.8) is 0 Å². The van der Waals surface area contributed by atoms with E-state index in [1.807, 2.05) is 32.0 Å². The van der Waals surface area contributed by atoms with Crippen molar-refractivity contribution in [3.05, 3.63) is 68.8 Å². The molecule has 0 radical (unpaired) electrons. The molecule has 3 rings (SSSR count). The van der Waals surface area contributed by atoms with Crippen LogP contribution in [0.5, 0.6) is 0 Å². The summed E-state index contributed by atoms with van der Waals surface area (Å²) < 4.78 is 1.66. The quantitative estimate of drug-likeness (QED) is 0.380. The van der Waals surface area contributed by atoms with E-state index in [0.717, 1.165) is 20.8 Å². The molecule has 3 aromatic rings. The van der Waals surface area contributed by atoms with Gasteiger partial charge in [0.1, 0.15) is 4.83 Å². The largest absolute Gasteiger partial charge is 0.283 e. The summed E-state index contributed by atoms with van der Waals surface area (Å²) in [6.07, 6.45) is 1.71. The lowest BCUT2D eigenvalue weighted by molar-refractivity contribution is 0.672. The van der Waals surface area contributed by atoms with Crippen LogP contribution in [0, 0.1) is 25.2 Å². The average Bonchev–Trinajstić information content (AvgIpc) is 2.90. The third-order valence-corrected chi connectivity index (χ3v) is 6.19. The minimum Gasteiger partial charge on any atom is -0.283 e. The maximum Gasteiger partial charge on any atom is 0.263 e. The predicted molar refractivity (Wildman–Crippen MR) is 104 cm³/mol. The molecule has 2 heterocycles. The number of fused-ring (bicyclic) bond motifs is 1. The standard InChI is InChI=1S/C19H17N3OS2/c1-4-9-22-18(23)16-12(2)13(3)25-17(16)21-19(22)24-11-15-8-6-5-7-14(15)10-20/h4-8H,1,9,11H2,2-3H3. The Morgan fingerprint density at radius 1 is 1.40 bits per heavy atom. The zero-order chi connectivity index (χ0) is 18.0. The number of nitrogens with zero attached hydrogens (tertiary/aromatic N) is 3. The second-order valence-electron chi connectivity index (χ2n) is 5.62. The topological polar surface area (TPSA) is 58.7 Å². The van der Waals surface area contributed by atoms with Crippen molar-refractivity contribution >= 4 is 33.3 Å². The molecule has 4 nitrogen and oxygen atoms in total. The van der Waals surface area contributed by atoms with E-state index in [2.05, 4.69) is 12.6 Å². The number of allylic oxidation sites excluding steroid dienone is 1. The number of hydrogen-bond acceptors (Lipinski definition) is 5. The smallest absolute Gasteiger partial charge is 0.263 e. The van der Waals surface area contributed by atoms with E-state index < -0.39 is 0 Å². The molecule has 0 aliphatic heterocycles. The Morgan fingerprint density at radius 2 is 2.16 bits per heavy atom. The zero-order valence-electron chi connectivity index (χ0n) is 14.1. The monoisotopic (exact) mass is 367 g/mol. The second-order valence-corrected chi connectivity index (χ2v) is 7.77. The van der Waals surface area contributed by atoms with E-state index >= 15 is 0 Å². The van der Waals surface area contributed by atoms with Crippen LogP contribution in [0.2, 0.25) is 0 Å². The van der Waals surface area contributed by atoms with Crippen molar-refractivity contribution < 1.29 is 0 Å². The van der Waals surface area contributed by atoms with Gasteiger partial charge in [0.05, 0.1) is 17.0 Å². The molecule has 0 saturated heterocycles. The van der Waals surface area contributed by atoms with Crippen molar-refractivity contribution in [1.82, 2.24) is 9.55 Å². The van der Waals surface area contributed by atoms with E-state index in [0.29, 0.717) is 28.4 Å². The van der Waals surface area contributed by atoms with Crippen LogP contribution >= 0.6 is 23.1 Å². The van der Waals surface area contributed by atoms with Gasteiger partial charge in [0.15, 0.2) is 5.16 Å². The summed E-state index contributed by atoms with van der Waals surface area (Å²) in [4.78, 5) is 19.5. The van der Waals surface area contributed by atoms with Crippen LogP contribution in [-0.2, 0) is 12.3 Å².